The third-order valence-electron chi connectivity index (χ3n) is 7.69. The van der Waals surface area contributed by atoms with E-state index in [2.05, 4.69) is 59.0 Å². The van der Waals surface area contributed by atoms with Crippen LogP contribution < -0.4 is 4.43 Å². The van der Waals surface area contributed by atoms with Gasteiger partial charge < -0.3 is 14.3 Å². The Morgan fingerprint density at radius 2 is 1.94 bits per heavy atom. The number of ether oxygens (including phenoxy) is 1. The summed E-state index contributed by atoms with van der Waals surface area (Å²) in [6.07, 6.45) is 7.86. The molecule has 1 aromatic carbocycles. The maximum absolute atomic E-state index is 11.8. The Morgan fingerprint density at radius 1 is 1.23 bits per heavy atom. The van der Waals surface area contributed by atoms with Crippen molar-refractivity contribution in [3.05, 3.63) is 41.5 Å². The summed E-state index contributed by atoms with van der Waals surface area (Å²) in [5, 5.41) is 11.8. The van der Waals surface area contributed by atoms with Crippen LogP contribution in [-0.2, 0) is 14.9 Å². The minimum absolute atomic E-state index is 0.0726. The zero-order valence-corrected chi connectivity index (χ0v) is 21.5. The standard InChI is InChI=1S/C26H40O4Si/c1-24(2,3)20-8-10-21(22(16-20)30-31(6)7)18-12-14-25(4)19(9-11-23(27)29-5)13-15-26(25,28)17-18/h8-11,16,18-19,28,31H,12-15,17H2,1-7H3/t18-,19-,25+,26-/m0/s1. The fourth-order valence-corrected chi connectivity index (χ4v) is 6.32. The van der Waals surface area contributed by atoms with E-state index in [-0.39, 0.29) is 28.6 Å². The first-order valence-electron chi connectivity index (χ1n) is 11.7. The van der Waals surface area contributed by atoms with Crippen molar-refractivity contribution in [3.8, 4) is 5.75 Å². The summed E-state index contributed by atoms with van der Waals surface area (Å²) in [4.78, 5) is 11.6. The molecule has 172 valence electrons. The summed E-state index contributed by atoms with van der Waals surface area (Å²) >= 11 is 0. The SMILES string of the molecule is COC(=O)C=C[C@H]1CC[C@]2(O)C[C@@H](c3ccc(C(C)(C)C)cc3O[SiH](C)C)CC[C@]12C. The Labute approximate surface area is 189 Å². The number of benzene rings is 1. The maximum atomic E-state index is 11.8. The normalized spacial score (nSPS) is 31.1. The van der Waals surface area contributed by atoms with E-state index in [0.29, 0.717) is 0 Å². The molecule has 0 spiro atoms. The predicted octanol–water partition coefficient (Wildman–Crippen LogP) is 5.49. The number of esters is 1. The minimum atomic E-state index is -1.26. The zero-order chi connectivity index (χ0) is 23.0. The third kappa shape index (κ3) is 4.78. The van der Waals surface area contributed by atoms with Crippen molar-refractivity contribution in [2.45, 2.75) is 89.8 Å². The third-order valence-corrected chi connectivity index (χ3v) is 8.42. The van der Waals surface area contributed by atoms with Gasteiger partial charge in [-0.05, 0) is 79.6 Å². The van der Waals surface area contributed by atoms with Crippen LogP contribution in [0, 0.1) is 11.3 Å². The Bertz CT molecular complexity index is 840. The number of carbonyl (C=O) groups excluding carboxylic acids is 1. The summed E-state index contributed by atoms with van der Waals surface area (Å²) in [5.74, 6) is 1.18. The fraction of sp³-hybridized carbons (Fsp3) is 0.654. The smallest absolute Gasteiger partial charge is 0.330 e. The molecule has 2 saturated carbocycles. The summed E-state index contributed by atoms with van der Waals surface area (Å²) in [6.45, 7) is 13.3. The van der Waals surface area contributed by atoms with Crippen LogP contribution in [0.1, 0.15) is 76.8 Å². The first kappa shape index (κ1) is 24.1. The van der Waals surface area contributed by atoms with Crippen molar-refractivity contribution in [1.29, 1.82) is 0 Å². The van der Waals surface area contributed by atoms with Gasteiger partial charge in [0.05, 0.1) is 12.7 Å². The number of rotatable bonds is 5. The quantitative estimate of drug-likeness (QED) is 0.371. The van der Waals surface area contributed by atoms with Crippen LogP contribution in [-0.4, -0.2) is 32.8 Å². The number of hydrogen-bond acceptors (Lipinski definition) is 4. The summed E-state index contributed by atoms with van der Waals surface area (Å²) in [6, 6.07) is 6.71. The van der Waals surface area contributed by atoms with Crippen molar-refractivity contribution in [2.24, 2.45) is 11.3 Å². The lowest BCUT2D eigenvalue weighted by Gasteiger charge is -2.49. The van der Waals surface area contributed by atoms with E-state index in [1.807, 2.05) is 6.08 Å². The van der Waals surface area contributed by atoms with E-state index in [4.69, 9.17) is 9.16 Å². The predicted molar refractivity (Wildman–Crippen MR) is 128 cm³/mol. The number of methoxy groups -OCH3 is 1. The van der Waals surface area contributed by atoms with Crippen LogP contribution in [0.25, 0.3) is 0 Å². The molecule has 2 aliphatic rings. The van der Waals surface area contributed by atoms with Gasteiger partial charge in [-0.15, -0.1) is 0 Å². The number of allylic oxidation sites excluding steroid dienone is 1. The highest BCUT2D eigenvalue weighted by atomic mass is 28.3. The minimum Gasteiger partial charge on any atom is -0.547 e. The van der Waals surface area contributed by atoms with Crippen molar-refractivity contribution in [2.75, 3.05) is 7.11 Å². The van der Waals surface area contributed by atoms with E-state index in [9.17, 15) is 9.90 Å². The van der Waals surface area contributed by atoms with Crippen LogP contribution >= 0.6 is 0 Å². The Hall–Kier alpha value is -1.59. The van der Waals surface area contributed by atoms with Gasteiger partial charge >= 0.3 is 5.97 Å². The molecule has 1 N–H and O–H groups in total. The molecule has 3 rings (SSSR count). The first-order valence-corrected chi connectivity index (χ1v) is 14.5. The highest BCUT2D eigenvalue weighted by Crippen LogP contribution is 2.61. The second kappa shape index (κ2) is 8.74. The second-order valence-electron chi connectivity index (χ2n) is 11.1. The molecule has 5 heteroatoms. The highest BCUT2D eigenvalue weighted by molar-refractivity contribution is 6.49. The molecule has 4 atom stereocenters. The van der Waals surface area contributed by atoms with Crippen LogP contribution in [0.5, 0.6) is 5.75 Å². The molecule has 0 radical (unpaired) electrons. The van der Waals surface area contributed by atoms with E-state index in [1.165, 1.54) is 24.3 Å². The van der Waals surface area contributed by atoms with Gasteiger partial charge in [0.15, 0.2) is 0 Å². The number of carbonyl (C=O) groups is 1. The first-order chi connectivity index (χ1) is 14.4. The average molecular weight is 445 g/mol. The monoisotopic (exact) mass is 444 g/mol. The van der Waals surface area contributed by atoms with Crippen LogP contribution in [0.15, 0.2) is 30.4 Å². The number of aliphatic hydroxyl groups is 1. The van der Waals surface area contributed by atoms with Gasteiger partial charge in [0, 0.05) is 11.5 Å². The molecule has 0 bridgehead atoms. The van der Waals surface area contributed by atoms with Crippen LogP contribution in [0.4, 0.5) is 0 Å². The lowest BCUT2D eigenvalue weighted by atomic mass is 9.59. The molecule has 0 amide bonds. The Morgan fingerprint density at radius 3 is 2.55 bits per heavy atom. The van der Waals surface area contributed by atoms with Gasteiger partial charge in [0.2, 0.25) is 9.04 Å². The number of hydrogen-bond donors (Lipinski definition) is 1. The fourth-order valence-electron chi connectivity index (χ4n) is 5.61. The topological polar surface area (TPSA) is 55.8 Å². The molecule has 0 heterocycles. The largest absolute Gasteiger partial charge is 0.547 e. The molecule has 0 unspecified atom stereocenters. The van der Waals surface area contributed by atoms with E-state index >= 15 is 0 Å². The van der Waals surface area contributed by atoms with Gasteiger partial charge in [-0.25, -0.2) is 4.79 Å². The van der Waals surface area contributed by atoms with Crippen molar-refractivity contribution < 1.29 is 19.1 Å². The summed E-state index contributed by atoms with van der Waals surface area (Å²) in [5.41, 5.74) is 1.67. The van der Waals surface area contributed by atoms with Crippen molar-refractivity contribution >= 4 is 15.0 Å². The molecule has 0 aromatic heterocycles. The molecule has 1 aromatic rings. The Balaban J connectivity index is 1.88. The van der Waals surface area contributed by atoms with E-state index < -0.39 is 14.6 Å². The summed E-state index contributed by atoms with van der Waals surface area (Å²) in [7, 11) is 0.142. The zero-order valence-electron chi connectivity index (χ0n) is 20.3. The van der Waals surface area contributed by atoms with Crippen LogP contribution in [0.3, 0.4) is 0 Å². The van der Waals surface area contributed by atoms with Gasteiger partial charge in [-0.2, -0.15) is 0 Å². The molecule has 0 saturated heterocycles. The lowest BCUT2D eigenvalue weighted by Crippen LogP contribution is -2.49. The average Bonchev–Trinajstić information content (AvgIpc) is 2.95. The maximum Gasteiger partial charge on any atom is 0.330 e. The van der Waals surface area contributed by atoms with Gasteiger partial charge in [-0.3, -0.25) is 0 Å². The van der Waals surface area contributed by atoms with Gasteiger partial charge in [0.25, 0.3) is 0 Å². The lowest BCUT2D eigenvalue weighted by molar-refractivity contribution is -0.135. The second-order valence-corrected chi connectivity index (χ2v) is 13.4. The molecule has 0 aliphatic heterocycles. The molecular weight excluding hydrogens is 404 g/mol. The number of fused-ring (bicyclic) bond motifs is 1. The van der Waals surface area contributed by atoms with E-state index in [1.54, 1.807) is 0 Å². The molecule has 2 aliphatic carbocycles. The molecule has 2 fully saturated rings. The van der Waals surface area contributed by atoms with Gasteiger partial charge in [-0.1, -0.05) is 45.9 Å². The molecular formula is C26H40O4Si. The van der Waals surface area contributed by atoms with Crippen LogP contribution in [0.2, 0.25) is 13.1 Å². The Kier molecular flexibility index (Phi) is 6.78. The van der Waals surface area contributed by atoms with E-state index in [0.717, 1.165) is 37.9 Å². The van der Waals surface area contributed by atoms with Crippen molar-refractivity contribution in [1.82, 2.24) is 0 Å². The van der Waals surface area contributed by atoms with Gasteiger partial charge in [0.1, 0.15) is 5.75 Å². The summed E-state index contributed by atoms with van der Waals surface area (Å²) < 4.78 is 11.2. The molecule has 31 heavy (non-hydrogen) atoms. The van der Waals surface area contributed by atoms with Crippen molar-refractivity contribution in [3.63, 3.8) is 0 Å². The molecule has 4 nitrogen and oxygen atoms in total. The highest BCUT2D eigenvalue weighted by Gasteiger charge is 2.58.